The Hall–Kier alpha value is -2.13. The van der Waals surface area contributed by atoms with Crippen LogP contribution in [0, 0.1) is 5.82 Å². The average molecular weight is 612 g/mol. The van der Waals surface area contributed by atoms with Crippen molar-refractivity contribution in [2.75, 3.05) is 0 Å². The molecule has 0 spiro atoms. The van der Waals surface area contributed by atoms with Gasteiger partial charge in [0.15, 0.2) is 0 Å². The largest absolute Gasteiger partial charge is 0.486 e. The van der Waals surface area contributed by atoms with Gasteiger partial charge in [0.05, 0.1) is 20.4 Å². The van der Waals surface area contributed by atoms with Gasteiger partial charge in [0.25, 0.3) is 11.1 Å². The number of thioether (sulfide) groups is 1. The zero-order valence-corrected chi connectivity index (χ0v) is 21.6. The van der Waals surface area contributed by atoms with Crippen molar-refractivity contribution in [1.82, 2.24) is 4.90 Å². The molecule has 0 aliphatic carbocycles. The molecular weight excluding hydrogens is 597 g/mol. The Morgan fingerprint density at radius 3 is 2.36 bits per heavy atom. The number of rotatable bonds is 6. The van der Waals surface area contributed by atoms with E-state index in [9.17, 15) is 14.0 Å². The minimum Gasteiger partial charge on any atom is -0.486 e. The number of carbonyl (C=O) groups excluding carboxylic acids is 2. The first-order chi connectivity index (χ1) is 15.8. The summed E-state index contributed by atoms with van der Waals surface area (Å²) in [6.07, 6.45) is 1.66. The van der Waals surface area contributed by atoms with Crippen molar-refractivity contribution in [3.05, 3.63) is 102 Å². The molecule has 1 heterocycles. The Labute approximate surface area is 216 Å². The predicted molar refractivity (Wildman–Crippen MR) is 136 cm³/mol. The molecule has 168 valence electrons. The number of halogens is 4. The molecule has 1 aliphatic rings. The molecule has 3 aromatic rings. The molecule has 33 heavy (non-hydrogen) atoms. The molecule has 1 saturated heterocycles. The summed E-state index contributed by atoms with van der Waals surface area (Å²) in [7, 11) is 0. The highest BCUT2D eigenvalue weighted by Gasteiger charge is 2.35. The van der Waals surface area contributed by atoms with Crippen LogP contribution >= 0.6 is 55.2 Å². The standard InChI is InChI=1S/C24H15Br2ClFNO3S/c25-18-9-15(10-19(26)22(18)32-13-16-3-1-2-4-20(16)27)11-21-23(30)29(24(31)33-21)12-14-5-7-17(28)8-6-14/h1-11H,12-13H2/b21-11+. The van der Waals surface area contributed by atoms with E-state index in [1.54, 1.807) is 36.4 Å². The monoisotopic (exact) mass is 609 g/mol. The number of benzene rings is 3. The molecule has 0 radical (unpaired) electrons. The maximum absolute atomic E-state index is 13.1. The van der Waals surface area contributed by atoms with Gasteiger partial charge in [-0.3, -0.25) is 14.5 Å². The summed E-state index contributed by atoms with van der Waals surface area (Å²) in [5.41, 5.74) is 2.24. The van der Waals surface area contributed by atoms with Gasteiger partial charge in [-0.1, -0.05) is 41.9 Å². The van der Waals surface area contributed by atoms with Gasteiger partial charge in [-0.15, -0.1) is 0 Å². The van der Waals surface area contributed by atoms with Crippen LogP contribution in [0.15, 0.2) is 74.5 Å². The van der Waals surface area contributed by atoms with Crippen LogP contribution in [-0.2, 0) is 17.9 Å². The zero-order chi connectivity index (χ0) is 23.5. The molecule has 1 fully saturated rings. The molecule has 2 amide bonds. The van der Waals surface area contributed by atoms with E-state index in [2.05, 4.69) is 31.9 Å². The van der Waals surface area contributed by atoms with Gasteiger partial charge in [0.1, 0.15) is 18.2 Å². The summed E-state index contributed by atoms with van der Waals surface area (Å²) >= 11 is 14.1. The van der Waals surface area contributed by atoms with Crippen molar-refractivity contribution < 1.29 is 18.7 Å². The number of hydrogen-bond acceptors (Lipinski definition) is 4. The van der Waals surface area contributed by atoms with Crippen LogP contribution in [0.5, 0.6) is 5.75 Å². The van der Waals surface area contributed by atoms with Gasteiger partial charge in [-0.2, -0.15) is 0 Å². The highest BCUT2D eigenvalue weighted by molar-refractivity contribution is 9.11. The molecule has 0 N–H and O–H groups in total. The van der Waals surface area contributed by atoms with Crippen molar-refractivity contribution >= 4 is 72.4 Å². The lowest BCUT2D eigenvalue weighted by Gasteiger charge is -2.13. The summed E-state index contributed by atoms with van der Waals surface area (Å²) in [5.74, 6) is -0.166. The van der Waals surface area contributed by atoms with E-state index in [-0.39, 0.29) is 23.5 Å². The van der Waals surface area contributed by atoms with E-state index in [0.717, 1.165) is 22.2 Å². The maximum Gasteiger partial charge on any atom is 0.293 e. The summed E-state index contributed by atoms with van der Waals surface area (Å²) in [4.78, 5) is 26.7. The number of imide groups is 1. The van der Waals surface area contributed by atoms with E-state index in [1.807, 2.05) is 18.2 Å². The second-order valence-corrected chi connectivity index (χ2v) is 10.2. The molecular formula is C24H15Br2ClFNO3S. The topological polar surface area (TPSA) is 46.6 Å². The third-order valence-electron chi connectivity index (χ3n) is 4.78. The Kier molecular flexibility index (Phi) is 7.58. The fourth-order valence-corrected chi connectivity index (χ4v) is 5.61. The summed E-state index contributed by atoms with van der Waals surface area (Å²) < 4.78 is 20.4. The SMILES string of the molecule is O=C1S/C(=C/c2cc(Br)c(OCc3ccccc3Cl)c(Br)c2)C(=O)N1Cc1ccc(F)cc1. The fraction of sp³-hybridized carbons (Fsp3) is 0.0833. The van der Waals surface area contributed by atoms with Gasteiger partial charge < -0.3 is 4.74 Å². The molecule has 1 aliphatic heterocycles. The van der Waals surface area contributed by atoms with Crippen LogP contribution in [0.3, 0.4) is 0 Å². The van der Waals surface area contributed by atoms with Gasteiger partial charge in [0.2, 0.25) is 0 Å². The van der Waals surface area contributed by atoms with E-state index in [4.69, 9.17) is 16.3 Å². The second kappa shape index (κ2) is 10.4. The van der Waals surface area contributed by atoms with Crippen LogP contribution in [-0.4, -0.2) is 16.0 Å². The minimum atomic E-state index is -0.388. The lowest BCUT2D eigenvalue weighted by molar-refractivity contribution is -0.123. The normalized spacial score (nSPS) is 14.9. The van der Waals surface area contributed by atoms with Gasteiger partial charge in [-0.25, -0.2) is 4.39 Å². The van der Waals surface area contributed by atoms with E-state index < -0.39 is 0 Å². The van der Waals surface area contributed by atoms with E-state index >= 15 is 0 Å². The van der Waals surface area contributed by atoms with Crippen molar-refractivity contribution in [2.45, 2.75) is 13.2 Å². The molecule has 9 heteroatoms. The third-order valence-corrected chi connectivity index (χ3v) is 7.23. The molecule has 0 unspecified atom stereocenters. The van der Waals surface area contributed by atoms with Gasteiger partial charge in [-0.05, 0) is 91.2 Å². The van der Waals surface area contributed by atoms with Crippen LogP contribution in [0.25, 0.3) is 6.08 Å². The van der Waals surface area contributed by atoms with E-state index in [0.29, 0.717) is 42.4 Å². The molecule has 0 saturated carbocycles. The van der Waals surface area contributed by atoms with Crippen molar-refractivity contribution in [1.29, 1.82) is 0 Å². The molecule has 4 nitrogen and oxygen atoms in total. The Balaban J connectivity index is 1.50. The van der Waals surface area contributed by atoms with Gasteiger partial charge in [0, 0.05) is 10.6 Å². The number of nitrogens with zero attached hydrogens (tertiary/aromatic N) is 1. The highest BCUT2D eigenvalue weighted by atomic mass is 79.9. The average Bonchev–Trinajstić information content (AvgIpc) is 3.03. The fourth-order valence-electron chi connectivity index (χ4n) is 3.13. The maximum atomic E-state index is 13.1. The summed E-state index contributed by atoms with van der Waals surface area (Å²) in [5, 5.41) is 0.256. The first-order valence-electron chi connectivity index (χ1n) is 9.67. The number of carbonyl (C=O) groups is 2. The first kappa shape index (κ1) is 24.0. The quantitative estimate of drug-likeness (QED) is 0.267. The number of hydrogen-bond donors (Lipinski definition) is 0. The van der Waals surface area contributed by atoms with Crippen LogP contribution in [0.4, 0.5) is 9.18 Å². The zero-order valence-electron chi connectivity index (χ0n) is 16.9. The smallest absolute Gasteiger partial charge is 0.293 e. The van der Waals surface area contributed by atoms with Crippen molar-refractivity contribution in [3.8, 4) is 5.75 Å². The second-order valence-electron chi connectivity index (χ2n) is 7.09. The minimum absolute atomic E-state index is 0.0878. The molecule has 0 bridgehead atoms. The Morgan fingerprint density at radius 1 is 1.03 bits per heavy atom. The Morgan fingerprint density at radius 2 is 1.70 bits per heavy atom. The predicted octanol–water partition coefficient (Wildman–Crippen LogP) is 7.82. The van der Waals surface area contributed by atoms with Crippen molar-refractivity contribution in [3.63, 3.8) is 0 Å². The molecule has 0 atom stereocenters. The highest BCUT2D eigenvalue weighted by Crippen LogP contribution is 2.38. The van der Waals surface area contributed by atoms with Crippen LogP contribution in [0.1, 0.15) is 16.7 Å². The summed E-state index contributed by atoms with van der Waals surface area (Å²) in [6.45, 7) is 0.378. The first-order valence-corrected chi connectivity index (χ1v) is 12.4. The lowest BCUT2D eigenvalue weighted by Crippen LogP contribution is -2.27. The Bertz CT molecular complexity index is 1240. The summed E-state index contributed by atoms with van der Waals surface area (Å²) in [6, 6.07) is 16.8. The number of ether oxygens (including phenoxy) is 1. The third kappa shape index (κ3) is 5.69. The molecule has 4 rings (SSSR count). The van der Waals surface area contributed by atoms with Crippen molar-refractivity contribution in [2.24, 2.45) is 0 Å². The number of amides is 2. The van der Waals surface area contributed by atoms with Gasteiger partial charge >= 0.3 is 0 Å². The lowest BCUT2D eigenvalue weighted by atomic mass is 10.2. The molecule has 0 aromatic heterocycles. The molecule has 3 aromatic carbocycles. The van der Waals surface area contributed by atoms with Crippen LogP contribution in [0.2, 0.25) is 5.02 Å². The van der Waals surface area contributed by atoms with Crippen LogP contribution < -0.4 is 4.74 Å². The van der Waals surface area contributed by atoms with E-state index in [1.165, 1.54) is 12.1 Å².